The van der Waals surface area contributed by atoms with Crippen LogP contribution in [0.3, 0.4) is 0 Å². The molecule has 1 unspecified atom stereocenters. The Morgan fingerprint density at radius 2 is 2.10 bits per heavy atom. The van der Waals surface area contributed by atoms with Gasteiger partial charge in [-0.1, -0.05) is 13.3 Å². The van der Waals surface area contributed by atoms with Crippen LogP contribution in [0.4, 0.5) is 5.69 Å². The Bertz CT molecular complexity index is 506. The number of hydrogen-bond acceptors (Lipinski definition) is 3. The monoisotopic (exact) mass is 356 g/mol. The fourth-order valence-electron chi connectivity index (χ4n) is 2.09. The van der Waals surface area contributed by atoms with Gasteiger partial charge in [-0.2, -0.15) is 0 Å². The van der Waals surface area contributed by atoms with Crippen LogP contribution >= 0.6 is 15.9 Å². The van der Waals surface area contributed by atoms with Crippen LogP contribution in [0.1, 0.15) is 43.0 Å². The highest BCUT2D eigenvalue weighted by Crippen LogP contribution is 2.24. The maximum absolute atomic E-state index is 12.0. The van der Waals surface area contributed by atoms with E-state index >= 15 is 0 Å². The lowest BCUT2D eigenvalue weighted by molar-refractivity contribution is -0.116. The van der Waals surface area contributed by atoms with Crippen LogP contribution in [-0.2, 0) is 4.79 Å². The minimum atomic E-state index is -1.02. The van der Waals surface area contributed by atoms with Crippen LogP contribution in [0.15, 0.2) is 22.7 Å². The summed E-state index contributed by atoms with van der Waals surface area (Å²) in [5.41, 5.74) is 6.16. The Balaban J connectivity index is 2.62. The van der Waals surface area contributed by atoms with Crippen molar-refractivity contribution in [3.63, 3.8) is 0 Å². The van der Waals surface area contributed by atoms with Crippen molar-refractivity contribution in [2.45, 2.75) is 32.6 Å². The van der Waals surface area contributed by atoms with Crippen LogP contribution in [0, 0.1) is 5.92 Å². The van der Waals surface area contributed by atoms with E-state index in [1.54, 1.807) is 6.07 Å². The first kappa shape index (κ1) is 17.7. The highest BCUT2D eigenvalue weighted by Gasteiger charge is 2.12. The molecule has 0 spiro atoms. The molecule has 4 N–H and O–H groups in total. The van der Waals surface area contributed by atoms with Crippen LogP contribution in [-0.4, -0.2) is 23.5 Å². The van der Waals surface area contributed by atoms with E-state index in [4.69, 9.17) is 10.8 Å². The van der Waals surface area contributed by atoms with Gasteiger partial charge in [0.25, 0.3) is 0 Å². The first-order valence-electron chi connectivity index (χ1n) is 7.00. The van der Waals surface area contributed by atoms with Gasteiger partial charge in [0.2, 0.25) is 5.91 Å². The molecular weight excluding hydrogens is 336 g/mol. The molecule has 0 aromatic heterocycles. The zero-order valence-electron chi connectivity index (χ0n) is 12.1. The third-order valence-electron chi connectivity index (χ3n) is 3.42. The lowest BCUT2D eigenvalue weighted by Crippen LogP contribution is -2.15. The summed E-state index contributed by atoms with van der Waals surface area (Å²) < 4.78 is 0.662. The summed E-state index contributed by atoms with van der Waals surface area (Å²) in [4.78, 5) is 22.9. The van der Waals surface area contributed by atoms with E-state index in [0.29, 0.717) is 29.0 Å². The number of carbonyl (C=O) groups is 2. The molecule has 1 atom stereocenters. The van der Waals surface area contributed by atoms with E-state index in [0.717, 1.165) is 19.3 Å². The molecule has 0 radical (unpaired) electrons. The number of nitrogens with one attached hydrogen (secondary N) is 1. The molecule has 1 aromatic carbocycles. The highest BCUT2D eigenvalue weighted by molar-refractivity contribution is 9.10. The second kappa shape index (κ2) is 8.79. The van der Waals surface area contributed by atoms with Gasteiger partial charge in [-0.15, -0.1) is 0 Å². The van der Waals surface area contributed by atoms with Gasteiger partial charge in [0, 0.05) is 10.9 Å². The first-order valence-corrected chi connectivity index (χ1v) is 7.80. The van der Waals surface area contributed by atoms with Crippen LogP contribution in [0.5, 0.6) is 0 Å². The molecule has 0 heterocycles. The van der Waals surface area contributed by atoms with Crippen molar-refractivity contribution in [2.24, 2.45) is 11.7 Å². The normalized spacial score (nSPS) is 12.0. The molecule has 0 aliphatic heterocycles. The molecule has 5 nitrogen and oxygen atoms in total. The Morgan fingerprint density at radius 3 is 2.67 bits per heavy atom. The van der Waals surface area contributed by atoms with Crippen molar-refractivity contribution in [3.05, 3.63) is 28.2 Å². The van der Waals surface area contributed by atoms with Crippen molar-refractivity contribution in [1.82, 2.24) is 0 Å². The lowest BCUT2D eigenvalue weighted by atomic mass is 9.96. The number of carboxylic acid groups (broad SMARTS) is 1. The lowest BCUT2D eigenvalue weighted by Gasteiger charge is -2.13. The molecule has 0 saturated carbocycles. The molecule has 0 fully saturated rings. The second-order valence-corrected chi connectivity index (χ2v) is 5.79. The Kier molecular flexibility index (Phi) is 7.39. The zero-order chi connectivity index (χ0) is 15.8. The number of benzene rings is 1. The number of carboxylic acids is 1. The second-order valence-electron chi connectivity index (χ2n) is 4.94. The van der Waals surface area contributed by atoms with Gasteiger partial charge < -0.3 is 16.2 Å². The van der Waals surface area contributed by atoms with E-state index in [1.165, 1.54) is 12.1 Å². The van der Waals surface area contributed by atoms with Gasteiger partial charge in [-0.25, -0.2) is 4.79 Å². The molecule has 21 heavy (non-hydrogen) atoms. The van der Waals surface area contributed by atoms with Gasteiger partial charge in [-0.05, 0) is 59.4 Å². The topological polar surface area (TPSA) is 92.4 Å². The predicted octanol–water partition coefficient (Wildman–Crippen LogP) is 3.24. The number of aromatic carboxylic acids is 1. The first-order chi connectivity index (χ1) is 9.97. The Morgan fingerprint density at radius 1 is 1.38 bits per heavy atom. The molecule has 6 heteroatoms. The summed E-state index contributed by atoms with van der Waals surface area (Å²) in [6.45, 7) is 2.72. The zero-order valence-corrected chi connectivity index (χ0v) is 13.6. The van der Waals surface area contributed by atoms with Gasteiger partial charge in [0.05, 0.1) is 11.3 Å². The third kappa shape index (κ3) is 5.85. The fourth-order valence-corrected chi connectivity index (χ4v) is 2.44. The maximum atomic E-state index is 12.0. The molecule has 0 bridgehead atoms. The molecular formula is C15H21BrN2O3. The third-order valence-corrected chi connectivity index (χ3v) is 4.11. The minimum absolute atomic E-state index is 0.117. The Hall–Kier alpha value is -1.40. The minimum Gasteiger partial charge on any atom is -0.478 e. The van der Waals surface area contributed by atoms with Crippen molar-refractivity contribution in [2.75, 3.05) is 11.9 Å². The fraction of sp³-hybridized carbons (Fsp3) is 0.467. The van der Waals surface area contributed by atoms with Crippen molar-refractivity contribution < 1.29 is 14.7 Å². The summed E-state index contributed by atoms with van der Waals surface area (Å²) in [5.74, 6) is -0.685. The molecule has 1 aromatic rings. The summed E-state index contributed by atoms with van der Waals surface area (Å²) in [7, 11) is 0. The van der Waals surface area contributed by atoms with Crippen molar-refractivity contribution in [1.29, 1.82) is 0 Å². The van der Waals surface area contributed by atoms with Crippen molar-refractivity contribution in [3.8, 4) is 0 Å². The molecule has 116 valence electrons. The summed E-state index contributed by atoms with van der Waals surface area (Å²) >= 11 is 3.30. The van der Waals surface area contributed by atoms with E-state index in [-0.39, 0.29) is 11.5 Å². The molecule has 0 saturated heterocycles. The smallest absolute Gasteiger partial charge is 0.335 e. The van der Waals surface area contributed by atoms with Gasteiger partial charge in [0.1, 0.15) is 0 Å². The summed E-state index contributed by atoms with van der Waals surface area (Å²) in [6, 6.07) is 4.54. The predicted molar refractivity (Wildman–Crippen MR) is 86.4 cm³/mol. The summed E-state index contributed by atoms with van der Waals surface area (Å²) in [5, 5.41) is 11.7. The van der Waals surface area contributed by atoms with E-state index < -0.39 is 5.97 Å². The van der Waals surface area contributed by atoms with E-state index in [2.05, 4.69) is 28.2 Å². The van der Waals surface area contributed by atoms with Crippen molar-refractivity contribution >= 4 is 33.5 Å². The number of amides is 1. The quantitative estimate of drug-likeness (QED) is 0.666. The average molecular weight is 357 g/mol. The molecule has 0 aliphatic carbocycles. The van der Waals surface area contributed by atoms with Gasteiger partial charge in [-0.3, -0.25) is 4.79 Å². The number of halogens is 1. The molecule has 1 rings (SSSR count). The largest absolute Gasteiger partial charge is 0.478 e. The number of rotatable bonds is 8. The van der Waals surface area contributed by atoms with Crippen LogP contribution < -0.4 is 11.1 Å². The molecule has 1 amide bonds. The maximum Gasteiger partial charge on any atom is 0.335 e. The standard InChI is InChI=1S/C15H21BrN2O3/c1-2-10(7-8-17)3-6-14(19)18-13-9-11(15(20)21)4-5-12(13)16/h4-5,9-10H,2-3,6-8,17H2,1H3,(H,18,19)(H,20,21). The number of hydrogen-bond donors (Lipinski definition) is 3. The van der Waals surface area contributed by atoms with E-state index in [9.17, 15) is 9.59 Å². The summed E-state index contributed by atoms with van der Waals surface area (Å²) in [6.07, 6.45) is 3.11. The average Bonchev–Trinajstić information content (AvgIpc) is 2.45. The van der Waals surface area contributed by atoms with E-state index in [1.807, 2.05) is 0 Å². The number of carbonyl (C=O) groups excluding carboxylic acids is 1. The van der Waals surface area contributed by atoms with Gasteiger partial charge >= 0.3 is 5.97 Å². The van der Waals surface area contributed by atoms with Crippen LogP contribution in [0.25, 0.3) is 0 Å². The number of nitrogens with two attached hydrogens (primary N) is 1. The van der Waals surface area contributed by atoms with Crippen LogP contribution in [0.2, 0.25) is 0 Å². The SMILES string of the molecule is CCC(CCN)CCC(=O)Nc1cc(C(=O)O)ccc1Br. The number of anilines is 1. The molecule has 0 aliphatic rings. The highest BCUT2D eigenvalue weighted by atomic mass is 79.9. The Labute approximate surface area is 133 Å². The van der Waals surface area contributed by atoms with Gasteiger partial charge in [0.15, 0.2) is 0 Å².